The third-order valence-corrected chi connectivity index (χ3v) is 6.97. The minimum Gasteiger partial charge on any atom is -0.354 e. The summed E-state index contributed by atoms with van der Waals surface area (Å²) in [4.78, 5) is 27.9. The summed E-state index contributed by atoms with van der Waals surface area (Å²) in [5.74, 6) is -1.08. The van der Waals surface area contributed by atoms with E-state index in [4.69, 9.17) is 0 Å². The van der Waals surface area contributed by atoms with Crippen molar-refractivity contribution >= 4 is 27.5 Å². The fourth-order valence-electron chi connectivity index (χ4n) is 3.77. The molecule has 2 aromatic carbocycles. The Morgan fingerprint density at radius 1 is 1.05 bits per heavy atom. The van der Waals surface area contributed by atoms with Crippen LogP contribution in [0.25, 0.3) is 0 Å². The van der Waals surface area contributed by atoms with E-state index in [1.807, 2.05) is 26.0 Å². The molecule has 2 rings (SSSR count). The summed E-state index contributed by atoms with van der Waals surface area (Å²) in [6.45, 7) is 5.31. The average molecular weight is 542 g/mol. The normalized spacial score (nSPS) is 12.6. The number of rotatable bonds is 12. The average Bonchev–Trinajstić information content (AvgIpc) is 2.82. The maximum absolute atomic E-state index is 13.6. The summed E-state index contributed by atoms with van der Waals surface area (Å²) in [5.41, 5.74) is 0.397. The first kappa shape index (κ1) is 30.1. The standard InChI is InChI=1S/C26H34F3N3O4S/c1-5-7-15-30-25(34)23(6-2)31(17-20-13-11-19(3)12-14-20)24(33)18-32(37(4,35)36)22-10-8-9-21(16-22)26(27,28)29/h8-14,16,23H,5-7,15,17-18H2,1-4H3,(H,30,34)/t23-/m0/s1. The van der Waals surface area contributed by atoms with Gasteiger partial charge in [0.15, 0.2) is 0 Å². The molecule has 37 heavy (non-hydrogen) atoms. The molecule has 7 nitrogen and oxygen atoms in total. The molecule has 204 valence electrons. The molecule has 0 heterocycles. The molecule has 1 N–H and O–H groups in total. The molecule has 2 aromatic rings. The van der Waals surface area contributed by atoms with Crippen molar-refractivity contribution in [1.29, 1.82) is 0 Å². The van der Waals surface area contributed by atoms with Crippen molar-refractivity contribution in [3.05, 3.63) is 65.2 Å². The van der Waals surface area contributed by atoms with Crippen LogP contribution in [-0.4, -0.2) is 50.5 Å². The van der Waals surface area contributed by atoms with Gasteiger partial charge in [0.05, 0.1) is 17.5 Å². The predicted molar refractivity (Wildman–Crippen MR) is 137 cm³/mol. The second-order valence-electron chi connectivity index (χ2n) is 8.89. The Labute approximate surface area is 216 Å². The van der Waals surface area contributed by atoms with Crippen molar-refractivity contribution in [3.8, 4) is 0 Å². The first-order chi connectivity index (χ1) is 17.3. The number of nitrogens with one attached hydrogen (secondary N) is 1. The van der Waals surface area contributed by atoms with Gasteiger partial charge in [-0.3, -0.25) is 13.9 Å². The number of hydrogen-bond donors (Lipinski definition) is 1. The number of unbranched alkanes of at least 4 members (excludes halogenated alkanes) is 1. The number of aryl methyl sites for hydroxylation is 1. The van der Waals surface area contributed by atoms with Crippen molar-refractivity contribution in [3.63, 3.8) is 0 Å². The highest BCUT2D eigenvalue weighted by Crippen LogP contribution is 2.32. The maximum atomic E-state index is 13.6. The number of nitrogens with zero attached hydrogens (tertiary/aromatic N) is 2. The number of carbonyl (C=O) groups is 2. The topological polar surface area (TPSA) is 86.8 Å². The minimum absolute atomic E-state index is 0.0268. The van der Waals surface area contributed by atoms with Crippen LogP contribution in [0, 0.1) is 6.92 Å². The maximum Gasteiger partial charge on any atom is 0.416 e. The van der Waals surface area contributed by atoms with Crippen molar-refractivity contribution in [2.45, 2.75) is 58.8 Å². The zero-order valence-corrected chi connectivity index (χ0v) is 22.3. The van der Waals surface area contributed by atoms with Crippen molar-refractivity contribution in [1.82, 2.24) is 10.2 Å². The van der Waals surface area contributed by atoms with Gasteiger partial charge in [0, 0.05) is 13.1 Å². The van der Waals surface area contributed by atoms with E-state index in [1.165, 1.54) is 11.0 Å². The monoisotopic (exact) mass is 541 g/mol. The first-order valence-electron chi connectivity index (χ1n) is 12.1. The molecule has 11 heteroatoms. The third kappa shape index (κ3) is 8.77. The Bertz CT molecular complexity index is 1170. The summed E-state index contributed by atoms with van der Waals surface area (Å²) in [6.07, 6.45) is -1.99. The van der Waals surface area contributed by atoms with Gasteiger partial charge in [-0.25, -0.2) is 8.42 Å². The van der Waals surface area contributed by atoms with Gasteiger partial charge in [-0.2, -0.15) is 13.2 Å². The summed E-state index contributed by atoms with van der Waals surface area (Å²) in [6, 6.07) is 10.2. The molecule has 0 aliphatic carbocycles. The van der Waals surface area contributed by atoms with Crippen LogP contribution in [0.15, 0.2) is 48.5 Å². The number of benzene rings is 2. The van der Waals surface area contributed by atoms with Gasteiger partial charge in [0.2, 0.25) is 21.8 Å². The summed E-state index contributed by atoms with van der Waals surface area (Å²) in [7, 11) is -4.14. The SMILES string of the molecule is CCCCNC(=O)[C@H](CC)N(Cc1ccc(C)cc1)C(=O)CN(c1cccc(C(F)(F)F)c1)S(C)(=O)=O. The van der Waals surface area contributed by atoms with Gasteiger partial charge >= 0.3 is 6.18 Å². The highest BCUT2D eigenvalue weighted by Gasteiger charge is 2.34. The summed E-state index contributed by atoms with van der Waals surface area (Å²) < 4.78 is 65.6. The van der Waals surface area contributed by atoms with Crippen molar-refractivity contribution in [2.75, 3.05) is 23.7 Å². The van der Waals surface area contributed by atoms with E-state index in [-0.39, 0.29) is 24.6 Å². The van der Waals surface area contributed by atoms with E-state index < -0.39 is 40.3 Å². The molecule has 0 radical (unpaired) electrons. The van der Waals surface area contributed by atoms with Crippen LogP contribution in [0.2, 0.25) is 0 Å². The van der Waals surface area contributed by atoms with Crippen LogP contribution in [0.5, 0.6) is 0 Å². The highest BCUT2D eigenvalue weighted by molar-refractivity contribution is 7.92. The Morgan fingerprint density at radius 3 is 2.24 bits per heavy atom. The van der Waals surface area contributed by atoms with E-state index in [0.717, 1.165) is 42.4 Å². The van der Waals surface area contributed by atoms with Crippen LogP contribution in [0.4, 0.5) is 18.9 Å². The van der Waals surface area contributed by atoms with Crippen molar-refractivity contribution < 1.29 is 31.2 Å². The van der Waals surface area contributed by atoms with E-state index in [1.54, 1.807) is 19.1 Å². The first-order valence-corrected chi connectivity index (χ1v) is 13.9. The smallest absolute Gasteiger partial charge is 0.354 e. The van der Waals surface area contributed by atoms with Gasteiger partial charge in [-0.15, -0.1) is 0 Å². The molecule has 0 aliphatic rings. The number of anilines is 1. The van der Waals surface area contributed by atoms with Gasteiger partial charge in [0.1, 0.15) is 12.6 Å². The fourth-order valence-corrected chi connectivity index (χ4v) is 4.61. The molecular formula is C26H34F3N3O4S. The number of amides is 2. The van der Waals surface area contributed by atoms with Crippen LogP contribution in [0.3, 0.4) is 0 Å². The van der Waals surface area contributed by atoms with Gasteiger partial charge < -0.3 is 10.2 Å². The molecule has 0 bridgehead atoms. The number of carbonyl (C=O) groups excluding carboxylic acids is 2. The highest BCUT2D eigenvalue weighted by atomic mass is 32.2. The second kappa shape index (κ2) is 12.9. The lowest BCUT2D eigenvalue weighted by atomic mass is 10.1. The second-order valence-corrected chi connectivity index (χ2v) is 10.8. The largest absolute Gasteiger partial charge is 0.416 e. The molecular weight excluding hydrogens is 507 g/mol. The fraction of sp³-hybridized carbons (Fsp3) is 0.462. The Morgan fingerprint density at radius 2 is 1.70 bits per heavy atom. The Kier molecular flexibility index (Phi) is 10.5. The van der Waals surface area contributed by atoms with E-state index in [9.17, 15) is 31.2 Å². The Balaban J connectivity index is 2.45. The van der Waals surface area contributed by atoms with E-state index in [0.29, 0.717) is 16.9 Å². The molecule has 0 aliphatic heterocycles. The van der Waals surface area contributed by atoms with E-state index >= 15 is 0 Å². The van der Waals surface area contributed by atoms with Crippen molar-refractivity contribution in [2.24, 2.45) is 0 Å². The molecule has 2 amide bonds. The summed E-state index contributed by atoms with van der Waals surface area (Å²) in [5, 5.41) is 2.81. The Hall–Kier alpha value is -3.08. The number of halogens is 3. The lowest BCUT2D eigenvalue weighted by Crippen LogP contribution is -2.52. The molecule has 0 saturated carbocycles. The molecule has 1 atom stereocenters. The zero-order chi connectivity index (χ0) is 27.8. The molecule has 0 spiro atoms. The van der Waals surface area contributed by atoms with Crippen LogP contribution in [0.1, 0.15) is 49.8 Å². The molecule has 0 unspecified atom stereocenters. The number of hydrogen-bond acceptors (Lipinski definition) is 4. The lowest BCUT2D eigenvalue weighted by Gasteiger charge is -2.33. The number of sulfonamides is 1. The number of alkyl halides is 3. The van der Waals surface area contributed by atoms with Crippen LogP contribution >= 0.6 is 0 Å². The van der Waals surface area contributed by atoms with Gasteiger partial charge in [-0.1, -0.05) is 56.2 Å². The lowest BCUT2D eigenvalue weighted by molar-refractivity contribution is -0.140. The molecule has 0 saturated heterocycles. The van der Waals surface area contributed by atoms with Gasteiger partial charge in [0.25, 0.3) is 0 Å². The third-order valence-electron chi connectivity index (χ3n) is 5.83. The zero-order valence-electron chi connectivity index (χ0n) is 21.5. The molecule has 0 aromatic heterocycles. The quantitative estimate of drug-likeness (QED) is 0.401. The van der Waals surface area contributed by atoms with E-state index in [2.05, 4.69) is 5.32 Å². The van der Waals surface area contributed by atoms with Gasteiger partial charge in [-0.05, 0) is 43.5 Å². The summed E-state index contributed by atoms with van der Waals surface area (Å²) >= 11 is 0. The molecule has 0 fully saturated rings. The minimum atomic E-state index is -4.69. The van der Waals surface area contributed by atoms with Crippen LogP contribution in [-0.2, 0) is 32.3 Å². The predicted octanol–water partition coefficient (Wildman–Crippen LogP) is 4.50. The van der Waals surface area contributed by atoms with Crippen LogP contribution < -0.4 is 9.62 Å².